The maximum atomic E-state index is 12.5. The first kappa shape index (κ1) is 25.9. The van der Waals surface area contributed by atoms with E-state index >= 15 is 0 Å². The van der Waals surface area contributed by atoms with Crippen LogP contribution in [0.4, 0.5) is 13.2 Å². The van der Waals surface area contributed by atoms with Crippen LogP contribution in [0.2, 0.25) is 0 Å². The largest absolute Gasteiger partial charge is 0.494 e. The highest BCUT2D eigenvalue weighted by molar-refractivity contribution is 5.97. The fourth-order valence-corrected chi connectivity index (χ4v) is 3.36. The summed E-state index contributed by atoms with van der Waals surface area (Å²) in [5.41, 5.74) is 1.48. The zero-order chi connectivity index (χ0) is 24.3. The van der Waals surface area contributed by atoms with E-state index in [0.29, 0.717) is 12.2 Å². The molecular weight excluding hydrogens is 437 g/mol. The van der Waals surface area contributed by atoms with Gasteiger partial charge in [0.2, 0.25) is 0 Å². The molecule has 0 radical (unpaired) electrons. The molecule has 6 nitrogen and oxygen atoms in total. The third-order valence-electron chi connectivity index (χ3n) is 5.13. The van der Waals surface area contributed by atoms with Gasteiger partial charge in [-0.3, -0.25) is 4.79 Å². The number of Topliss-reactive ketones (excluding diaryl/α,β-unsaturated/α-hetero) is 1. The number of hydrogen-bond acceptors (Lipinski definition) is 5. The molecule has 1 fully saturated rings. The van der Waals surface area contributed by atoms with Crippen LogP contribution < -0.4 is 4.74 Å². The van der Waals surface area contributed by atoms with Crippen LogP contribution in [0.15, 0.2) is 54.6 Å². The first-order chi connectivity index (χ1) is 15.7. The van der Waals surface area contributed by atoms with E-state index in [-0.39, 0.29) is 11.7 Å². The number of carboxylic acids is 1. The predicted molar refractivity (Wildman–Crippen MR) is 115 cm³/mol. The molecule has 0 atom stereocenters. The molecular formula is C24H25F3N2O4. The number of ketones is 1. The summed E-state index contributed by atoms with van der Waals surface area (Å²) in [4.78, 5) is 23.8. The zero-order valence-electron chi connectivity index (χ0n) is 17.9. The van der Waals surface area contributed by atoms with Gasteiger partial charge in [0.15, 0.2) is 5.78 Å². The van der Waals surface area contributed by atoms with E-state index in [1.807, 2.05) is 42.5 Å². The average molecular weight is 462 g/mol. The highest BCUT2D eigenvalue weighted by Gasteiger charge is 2.38. The number of ether oxygens (including phenoxy) is 1. The summed E-state index contributed by atoms with van der Waals surface area (Å²) in [5, 5.41) is 15.9. The third-order valence-corrected chi connectivity index (χ3v) is 5.13. The van der Waals surface area contributed by atoms with Crippen molar-refractivity contribution in [1.82, 2.24) is 4.90 Å². The normalized spacial score (nSPS) is 14.5. The fourth-order valence-electron chi connectivity index (χ4n) is 3.36. The van der Waals surface area contributed by atoms with Gasteiger partial charge >= 0.3 is 12.1 Å². The van der Waals surface area contributed by atoms with Crippen molar-refractivity contribution in [1.29, 1.82) is 5.26 Å². The van der Waals surface area contributed by atoms with Crippen LogP contribution in [0.1, 0.15) is 35.2 Å². The van der Waals surface area contributed by atoms with Crippen LogP contribution in [0, 0.1) is 17.2 Å². The second kappa shape index (κ2) is 12.6. The number of nitriles is 1. The molecule has 176 valence electrons. The highest BCUT2D eigenvalue weighted by Crippen LogP contribution is 2.22. The van der Waals surface area contributed by atoms with E-state index in [9.17, 15) is 18.0 Å². The number of carbonyl (C=O) groups is 2. The number of carbonyl (C=O) groups excluding carboxylic acids is 1. The minimum Gasteiger partial charge on any atom is -0.494 e. The molecule has 9 heteroatoms. The zero-order valence-corrected chi connectivity index (χ0v) is 17.9. The van der Waals surface area contributed by atoms with Crippen LogP contribution in [0.5, 0.6) is 5.75 Å². The molecule has 0 aromatic heterocycles. The Kier molecular flexibility index (Phi) is 9.88. The van der Waals surface area contributed by atoms with E-state index in [1.165, 1.54) is 0 Å². The van der Waals surface area contributed by atoms with Gasteiger partial charge in [-0.2, -0.15) is 18.4 Å². The Hall–Kier alpha value is -3.38. The number of piperidine rings is 1. The summed E-state index contributed by atoms with van der Waals surface area (Å²) >= 11 is 0. The van der Waals surface area contributed by atoms with Crippen molar-refractivity contribution in [2.75, 3.05) is 26.2 Å². The molecule has 0 saturated carbocycles. The number of aliphatic carboxylic acids is 1. The summed E-state index contributed by atoms with van der Waals surface area (Å²) in [5.74, 6) is -1.51. The number of likely N-dealkylation sites (tertiary alicyclic amines) is 1. The van der Waals surface area contributed by atoms with Crippen LogP contribution in [-0.2, 0) is 4.79 Å². The lowest BCUT2D eigenvalue weighted by Crippen LogP contribution is -2.37. The van der Waals surface area contributed by atoms with Crippen LogP contribution in [0.3, 0.4) is 0 Å². The quantitative estimate of drug-likeness (QED) is 0.479. The lowest BCUT2D eigenvalue weighted by molar-refractivity contribution is -0.192. The molecule has 33 heavy (non-hydrogen) atoms. The summed E-state index contributed by atoms with van der Waals surface area (Å²) in [6.07, 6.45) is -2.26. The van der Waals surface area contributed by atoms with E-state index in [4.69, 9.17) is 19.9 Å². The average Bonchev–Trinajstić information content (AvgIpc) is 2.82. The SMILES string of the molecule is N#Cc1ccc(OCCCN2CCC(C(=O)c3ccccc3)CC2)cc1.O=C(O)C(F)(F)F. The molecule has 2 aromatic rings. The molecule has 0 bridgehead atoms. The van der Waals surface area contributed by atoms with Gasteiger partial charge < -0.3 is 14.7 Å². The number of alkyl halides is 3. The number of halogens is 3. The minimum absolute atomic E-state index is 0.156. The van der Waals surface area contributed by atoms with Crippen molar-refractivity contribution >= 4 is 11.8 Å². The predicted octanol–water partition coefficient (Wildman–Crippen LogP) is 4.56. The fraction of sp³-hybridized carbons (Fsp3) is 0.375. The first-order valence-electron chi connectivity index (χ1n) is 10.5. The maximum Gasteiger partial charge on any atom is 0.490 e. The molecule has 0 spiro atoms. The summed E-state index contributed by atoms with van der Waals surface area (Å²) in [7, 11) is 0. The Labute approximate surface area is 190 Å². The Balaban J connectivity index is 0.000000479. The first-order valence-corrected chi connectivity index (χ1v) is 10.5. The Morgan fingerprint density at radius 3 is 2.15 bits per heavy atom. The van der Waals surface area contributed by atoms with Gasteiger partial charge in [0.1, 0.15) is 5.75 Å². The van der Waals surface area contributed by atoms with Gasteiger partial charge in [0.25, 0.3) is 0 Å². The molecule has 1 N–H and O–H groups in total. The smallest absolute Gasteiger partial charge is 0.490 e. The monoisotopic (exact) mass is 462 g/mol. The number of carboxylic acid groups (broad SMARTS) is 1. The number of hydrogen-bond donors (Lipinski definition) is 1. The van der Waals surface area contributed by atoms with Gasteiger partial charge in [0, 0.05) is 18.0 Å². The molecule has 0 aliphatic carbocycles. The van der Waals surface area contributed by atoms with Crippen molar-refractivity contribution in [3.63, 3.8) is 0 Å². The van der Waals surface area contributed by atoms with Crippen molar-refractivity contribution < 1.29 is 32.6 Å². The Morgan fingerprint density at radius 2 is 1.64 bits per heavy atom. The third kappa shape index (κ3) is 8.94. The van der Waals surface area contributed by atoms with Crippen molar-refractivity contribution in [2.45, 2.75) is 25.4 Å². The Morgan fingerprint density at radius 1 is 1.06 bits per heavy atom. The van der Waals surface area contributed by atoms with Gasteiger partial charge in [-0.25, -0.2) is 4.79 Å². The number of rotatable bonds is 7. The van der Waals surface area contributed by atoms with Crippen LogP contribution in [0.25, 0.3) is 0 Å². The second-order valence-corrected chi connectivity index (χ2v) is 7.49. The van der Waals surface area contributed by atoms with Crippen LogP contribution >= 0.6 is 0 Å². The molecule has 2 aromatic carbocycles. The molecule has 1 aliphatic rings. The van der Waals surface area contributed by atoms with Gasteiger partial charge in [-0.15, -0.1) is 0 Å². The van der Waals surface area contributed by atoms with Crippen molar-refractivity contribution in [3.8, 4) is 11.8 Å². The van der Waals surface area contributed by atoms with E-state index in [1.54, 1.807) is 12.1 Å². The van der Waals surface area contributed by atoms with Gasteiger partial charge in [0.05, 0.1) is 18.2 Å². The van der Waals surface area contributed by atoms with E-state index < -0.39 is 12.1 Å². The molecule has 0 amide bonds. The van der Waals surface area contributed by atoms with Crippen LogP contribution in [-0.4, -0.2) is 54.2 Å². The molecule has 1 heterocycles. The lowest BCUT2D eigenvalue weighted by Gasteiger charge is -2.31. The van der Waals surface area contributed by atoms with E-state index in [2.05, 4.69) is 11.0 Å². The Bertz CT molecular complexity index is 933. The maximum absolute atomic E-state index is 12.5. The summed E-state index contributed by atoms with van der Waals surface area (Å²) < 4.78 is 37.5. The van der Waals surface area contributed by atoms with Gasteiger partial charge in [-0.05, 0) is 56.6 Å². The number of benzene rings is 2. The molecule has 1 saturated heterocycles. The second-order valence-electron chi connectivity index (χ2n) is 7.49. The summed E-state index contributed by atoms with van der Waals surface area (Å²) in [6, 6.07) is 18.9. The van der Waals surface area contributed by atoms with Gasteiger partial charge in [-0.1, -0.05) is 30.3 Å². The minimum atomic E-state index is -5.08. The van der Waals surface area contributed by atoms with E-state index in [0.717, 1.165) is 50.2 Å². The topological polar surface area (TPSA) is 90.6 Å². The highest BCUT2D eigenvalue weighted by atomic mass is 19.4. The summed E-state index contributed by atoms with van der Waals surface area (Å²) in [6.45, 7) is 3.59. The molecule has 3 rings (SSSR count). The standard InChI is InChI=1S/C22H24N2O2.C2HF3O2/c23-17-18-7-9-21(10-8-18)26-16-4-13-24-14-11-20(12-15-24)22(25)19-5-2-1-3-6-19;3-2(4,5)1(6)7/h1-3,5-10,20H,4,11-16H2;(H,6,7). The molecule has 0 unspecified atom stereocenters. The lowest BCUT2D eigenvalue weighted by atomic mass is 9.89. The van der Waals surface area contributed by atoms with Crippen molar-refractivity contribution in [2.24, 2.45) is 5.92 Å². The van der Waals surface area contributed by atoms with Crippen molar-refractivity contribution in [3.05, 3.63) is 65.7 Å². The number of nitrogens with zero attached hydrogens (tertiary/aromatic N) is 2. The molecule has 1 aliphatic heterocycles.